The summed E-state index contributed by atoms with van der Waals surface area (Å²) in [7, 11) is 0. The number of hydrogen-bond acceptors (Lipinski definition) is 4. The molecule has 4 heterocycles. The lowest BCUT2D eigenvalue weighted by molar-refractivity contribution is 0.669. The Kier molecular flexibility index (Phi) is 6.07. The summed E-state index contributed by atoms with van der Waals surface area (Å²) in [5, 5.41) is 11.7. The Bertz CT molecular complexity index is 3670. The van der Waals surface area contributed by atoms with Crippen LogP contribution in [-0.4, -0.2) is 24.1 Å². The van der Waals surface area contributed by atoms with E-state index in [4.69, 9.17) is 19.4 Å². The number of hydrogen-bond donors (Lipinski definition) is 0. The maximum atomic E-state index is 6.63. The van der Waals surface area contributed by atoms with Gasteiger partial charge in [-0.05, 0) is 76.1 Å². The van der Waals surface area contributed by atoms with E-state index in [0.29, 0.717) is 17.6 Å². The Hall–Kier alpha value is -7.83. The van der Waals surface area contributed by atoms with E-state index < -0.39 is 0 Å². The van der Waals surface area contributed by atoms with Crippen LogP contribution < -0.4 is 0 Å². The van der Waals surface area contributed by atoms with Gasteiger partial charge in [0.25, 0.3) is 0 Å². The molecule has 0 aliphatic heterocycles. The Balaban J connectivity index is 1.10. The van der Waals surface area contributed by atoms with Gasteiger partial charge in [0, 0.05) is 49.1 Å². The molecule has 0 aliphatic carbocycles. The zero-order valence-electron chi connectivity index (χ0n) is 30.4. The van der Waals surface area contributed by atoms with E-state index in [9.17, 15) is 0 Å². The van der Waals surface area contributed by atoms with Gasteiger partial charge in [-0.15, -0.1) is 0 Å². The second-order valence-electron chi connectivity index (χ2n) is 14.8. The highest BCUT2D eigenvalue weighted by atomic mass is 16.3. The summed E-state index contributed by atoms with van der Waals surface area (Å²) in [6, 6.07) is 61.9. The normalized spacial score (nSPS) is 12.2. The van der Waals surface area contributed by atoms with E-state index in [-0.39, 0.29) is 0 Å². The Morgan fingerprint density at radius 1 is 0.333 bits per heavy atom. The second kappa shape index (κ2) is 11.4. The number of benzene rings is 9. The minimum Gasteiger partial charge on any atom is -0.456 e. The SMILES string of the molecule is c1cc(-c2nc(-c3cc4oc5cccc6c7ccccc7c(c3)c4c56)nc(-n3c4ccccc4c4ccccc43)n2)cc(-n2c3ccccc3c3ccccc32)c1. The summed E-state index contributed by atoms with van der Waals surface area (Å²) in [6.45, 7) is 0. The van der Waals surface area contributed by atoms with E-state index in [0.717, 1.165) is 77.0 Å². The van der Waals surface area contributed by atoms with Crippen molar-refractivity contribution in [3.63, 3.8) is 0 Å². The van der Waals surface area contributed by atoms with Crippen LogP contribution in [0.4, 0.5) is 0 Å². The molecular formula is C51H29N5O. The van der Waals surface area contributed by atoms with Crippen molar-refractivity contribution in [1.29, 1.82) is 0 Å². The van der Waals surface area contributed by atoms with Crippen molar-refractivity contribution < 1.29 is 4.42 Å². The third kappa shape index (κ3) is 4.26. The van der Waals surface area contributed by atoms with Gasteiger partial charge in [0.05, 0.1) is 22.1 Å². The summed E-state index contributed by atoms with van der Waals surface area (Å²) in [5.41, 5.74) is 8.83. The second-order valence-corrected chi connectivity index (χ2v) is 14.8. The van der Waals surface area contributed by atoms with Gasteiger partial charge in [0.1, 0.15) is 11.2 Å². The molecule has 13 aromatic rings. The first-order valence-corrected chi connectivity index (χ1v) is 19.2. The molecule has 0 unspecified atom stereocenters. The van der Waals surface area contributed by atoms with Crippen LogP contribution in [0.3, 0.4) is 0 Å². The Morgan fingerprint density at radius 2 is 0.825 bits per heavy atom. The molecule has 4 aromatic heterocycles. The van der Waals surface area contributed by atoms with Gasteiger partial charge in [0.15, 0.2) is 11.6 Å². The van der Waals surface area contributed by atoms with E-state index in [1.54, 1.807) is 0 Å². The van der Waals surface area contributed by atoms with Crippen molar-refractivity contribution in [2.75, 3.05) is 0 Å². The van der Waals surface area contributed by atoms with Crippen LogP contribution in [0.1, 0.15) is 0 Å². The van der Waals surface area contributed by atoms with Crippen LogP contribution in [0, 0.1) is 0 Å². The minimum atomic E-state index is 0.552. The van der Waals surface area contributed by atoms with Gasteiger partial charge >= 0.3 is 0 Å². The van der Waals surface area contributed by atoms with Crippen LogP contribution in [0.25, 0.3) is 122 Å². The van der Waals surface area contributed by atoms with Crippen LogP contribution in [-0.2, 0) is 0 Å². The lowest BCUT2D eigenvalue weighted by Gasteiger charge is -2.13. The average Bonchev–Trinajstić information content (AvgIpc) is 3.94. The molecule has 0 bridgehead atoms. The molecule has 6 heteroatoms. The first kappa shape index (κ1) is 30.5. The van der Waals surface area contributed by atoms with Crippen molar-refractivity contribution in [3.05, 3.63) is 176 Å². The maximum Gasteiger partial charge on any atom is 0.238 e. The van der Waals surface area contributed by atoms with Crippen LogP contribution in [0.15, 0.2) is 180 Å². The number of furan rings is 1. The fraction of sp³-hybridized carbons (Fsp3) is 0. The van der Waals surface area contributed by atoms with Crippen molar-refractivity contribution in [2.45, 2.75) is 0 Å². The predicted octanol–water partition coefficient (Wildman–Crippen LogP) is 13.0. The highest BCUT2D eigenvalue weighted by Gasteiger charge is 2.22. The van der Waals surface area contributed by atoms with Gasteiger partial charge in [-0.3, -0.25) is 4.57 Å². The van der Waals surface area contributed by atoms with Crippen LogP contribution in [0.2, 0.25) is 0 Å². The summed E-state index contributed by atoms with van der Waals surface area (Å²) in [5.74, 6) is 1.71. The van der Waals surface area contributed by atoms with E-state index in [1.165, 1.54) is 26.9 Å². The van der Waals surface area contributed by atoms with Gasteiger partial charge in [0.2, 0.25) is 5.95 Å². The molecule has 0 N–H and O–H groups in total. The topological polar surface area (TPSA) is 61.7 Å². The number of fused-ring (bicyclic) bond motifs is 9. The molecule has 57 heavy (non-hydrogen) atoms. The molecule has 0 radical (unpaired) electrons. The largest absolute Gasteiger partial charge is 0.456 e. The Morgan fingerprint density at radius 3 is 1.46 bits per heavy atom. The first-order valence-electron chi connectivity index (χ1n) is 19.2. The monoisotopic (exact) mass is 727 g/mol. The molecule has 0 aliphatic rings. The zero-order valence-corrected chi connectivity index (χ0v) is 30.4. The molecule has 0 saturated heterocycles. The highest BCUT2D eigenvalue weighted by Crippen LogP contribution is 2.44. The van der Waals surface area contributed by atoms with E-state index in [2.05, 4.69) is 185 Å². The smallest absolute Gasteiger partial charge is 0.238 e. The predicted molar refractivity (Wildman–Crippen MR) is 233 cm³/mol. The highest BCUT2D eigenvalue weighted by molar-refractivity contribution is 6.33. The van der Waals surface area contributed by atoms with Gasteiger partial charge in [-0.25, -0.2) is 4.98 Å². The Labute approximate surface area is 324 Å². The molecule has 0 spiro atoms. The summed E-state index contributed by atoms with van der Waals surface area (Å²) in [4.78, 5) is 16.0. The third-order valence-corrected chi connectivity index (χ3v) is 11.7. The molecule has 6 nitrogen and oxygen atoms in total. The number of nitrogens with zero attached hydrogens (tertiary/aromatic N) is 5. The van der Waals surface area contributed by atoms with Crippen molar-refractivity contribution in [2.24, 2.45) is 0 Å². The molecule has 0 atom stereocenters. The lowest BCUT2D eigenvalue weighted by Crippen LogP contribution is -2.06. The quantitative estimate of drug-likeness (QED) is 0.169. The van der Waals surface area contributed by atoms with Gasteiger partial charge in [-0.1, -0.05) is 121 Å². The number of aromatic nitrogens is 5. The molecule has 0 saturated carbocycles. The number of rotatable bonds is 4. The molecule has 9 aromatic carbocycles. The molecule has 264 valence electrons. The van der Waals surface area contributed by atoms with E-state index >= 15 is 0 Å². The maximum absolute atomic E-state index is 6.63. The van der Waals surface area contributed by atoms with Crippen LogP contribution >= 0.6 is 0 Å². The summed E-state index contributed by atoms with van der Waals surface area (Å²) < 4.78 is 11.1. The fourth-order valence-electron chi connectivity index (χ4n) is 9.31. The summed E-state index contributed by atoms with van der Waals surface area (Å²) in [6.07, 6.45) is 0. The van der Waals surface area contributed by atoms with Gasteiger partial charge < -0.3 is 8.98 Å². The third-order valence-electron chi connectivity index (χ3n) is 11.7. The minimum absolute atomic E-state index is 0.552. The average molecular weight is 728 g/mol. The molecule has 0 amide bonds. The zero-order chi connectivity index (χ0) is 37.2. The summed E-state index contributed by atoms with van der Waals surface area (Å²) >= 11 is 0. The first-order chi connectivity index (χ1) is 28.3. The lowest BCUT2D eigenvalue weighted by atomic mass is 9.93. The molecular weight excluding hydrogens is 699 g/mol. The molecule has 0 fully saturated rings. The molecule has 13 rings (SSSR count). The van der Waals surface area contributed by atoms with Crippen LogP contribution in [0.5, 0.6) is 0 Å². The number of para-hydroxylation sites is 4. The standard InChI is InChI=1S/C51H29N5O/c1-2-16-34-33(15-1)39-21-12-26-45-47(39)48-40(34)28-31(29-46(48)57-45)50-52-49(53-51(54-50)56-43-24-9-5-19-37(43)38-20-6-10-25-44(38)56)30-13-11-14-32(27-30)55-41-22-7-3-17-35(41)36-18-4-8-23-42(36)55/h1-29H. The van der Waals surface area contributed by atoms with Crippen molar-refractivity contribution >= 4 is 87.1 Å². The van der Waals surface area contributed by atoms with Gasteiger partial charge in [-0.2, -0.15) is 9.97 Å². The van der Waals surface area contributed by atoms with Crippen molar-refractivity contribution in [3.8, 4) is 34.4 Å². The fourth-order valence-corrected chi connectivity index (χ4v) is 9.31. The van der Waals surface area contributed by atoms with Crippen molar-refractivity contribution in [1.82, 2.24) is 24.1 Å². The van der Waals surface area contributed by atoms with E-state index in [1.807, 2.05) is 0 Å².